The van der Waals surface area contributed by atoms with E-state index >= 15 is 0 Å². The van der Waals surface area contributed by atoms with E-state index in [1.807, 2.05) is 83.1 Å². The van der Waals surface area contributed by atoms with Crippen molar-refractivity contribution in [2.24, 2.45) is 5.73 Å². The first-order valence-electron chi connectivity index (χ1n) is 13.5. The summed E-state index contributed by atoms with van der Waals surface area (Å²) in [7, 11) is 0. The largest absolute Gasteiger partial charge is 0.444 e. The molecule has 0 saturated heterocycles. The quantitative estimate of drug-likeness (QED) is 0.401. The lowest BCUT2D eigenvalue weighted by atomic mass is 9.93. The van der Waals surface area contributed by atoms with Crippen molar-refractivity contribution in [1.29, 1.82) is 0 Å². The van der Waals surface area contributed by atoms with Gasteiger partial charge in [-0.1, -0.05) is 48.5 Å². The minimum Gasteiger partial charge on any atom is -0.444 e. The molecule has 0 aliphatic carbocycles. The lowest BCUT2D eigenvalue weighted by molar-refractivity contribution is -0.148. The Hall–Kier alpha value is -3.88. The average molecular weight is 553 g/mol. The molecule has 0 spiro atoms. The number of amides is 4. The highest BCUT2D eigenvalue weighted by Crippen LogP contribution is 2.31. The number of carbonyl (C=O) groups is 4. The van der Waals surface area contributed by atoms with Gasteiger partial charge in [0.1, 0.15) is 17.7 Å². The molecule has 2 aromatic carbocycles. The molecule has 2 rings (SSSR count). The van der Waals surface area contributed by atoms with E-state index in [0.717, 1.165) is 16.7 Å². The minimum atomic E-state index is -1.16. The molecular weight excluding hydrogens is 508 g/mol. The van der Waals surface area contributed by atoms with E-state index in [1.165, 1.54) is 4.90 Å². The molecular formula is C31H44N4O5. The molecule has 0 radical (unpaired) electrons. The zero-order chi connectivity index (χ0) is 30.3. The Balaban J connectivity index is 2.56. The van der Waals surface area contributed by atoms with Gasteiger partial charge in [-0.2, -0.15) is 0 Å². The van der Waals surface area contributed by atoms with Crippen LogP contribution in [0.2, 0.25) is 0 Å². The van der Waals surface area contributed by atoms with Crippen LogP contribution in [0.1, 0.15) is 82.7 Å². The van der Waals surface area contributed by atoms with Gasteiger partial charge in [0.25, 0.3) is 0 Å². The Morgan fingerprint density at radius 2 is 1.55 bits per heavy atom. The highest BCUT2D eigenvalue weighted by molar-refractivity contribution is 5.93. The van der Waals surface area contributed by atoms with Gasteiger partial charge in [0.2, 0.25) is 17.7 Å². The number of alkyl carbamates (subject to hydrolysis) is 1. The fourth-order valence-corrected chi connectivity index (χ4v) is 4.24. The number of carbonyl (C=O) groups excluding carboxylic acids is 4. The number of ether oxygens (including phenoxy) is 1. The van der Waals surface area contributed by atoms with E-state index in [2.05, 4.69) is 10.6 Å². The van der Waals surface area contributed by atoms with Gasteiger partial charge in [-0.15, -0.1) is 0 Å². The second-order valence-corrected chi connectivity index (χ2v) is 12.0. The van der Waals surface area contributed by atoms with E-state index in [-0.39, 0.29) is 25.3 Å². The van der Waals surface area contributed by atoms with Crippen LogP contribution < -0.4 is 16.4 Å². The third-order valence-electron chi connectivity index (χ3n) is 6.29. The predicted octanol–water partition coefficient (Wildman–Crippen LogP) is 4.45. The maximum Gasteiger partial charge on any atom is 0.408 e. The third kappa shape index (κ3) is 9.70. The zero-order valence-corrected chi connectivity index (χ0v) is 25.0. The molecule has 0 fully saturated rings. The van der Waals surface area contributed by atoms with Crippen LogP contribution in [-0.4, -0.2) is 45.9 Å². The molecule has 2 aromatic rings. The first kappa shape index (κ1) is 32.3. The number of hydrogen-bond acceptors (Lipinski definition) is 5. The Morgan fingerprint density at radius 3 is 2.08 bits per heavy atom. The lowest BCUT2D eigenvalue weighted by Gasteiger charge is -2.43. The summed E-state index contributed by atoms with van der Waals surface area (Å²) in [6, 6.07) is 13.0. The monoisotopic (exact) mass is 552 g/mol. The molecule has 0 aliphatic heterocycles. The summed E-state index contributed by atoms with van der Waals surface area (Å²) in [5.41, 5.74) is 7.29. The van der Waals surface area contributed by atoms with Gasteiger partial charge in [0.05, 0.1) is 0 Å². The predicted molar refractivity (Wildman–Crippen MR) is 155 cm³/mol. The maximum atomic E-state index is 14.3. The standard InChI is InChI=1S/C31H44N4O5/c1-20-14-15-23(18-21(20)2)26(27(37)33-19-22-12-10-9-11-13-22)35(30(3,4)5)28(38)24(16-17-25(32)36)34-29(39)40-31(6,7)8/h9-15,18,24,26H,16-17,19H2,1-8H3,(H2,32,36)(H,33,37)(H,34,39). The molecule has 0 aromatic heterocycles. The van der Waals surface area contributed by atoms with Crippen LogP contribution in [-0.2, 0) is 25.7 Å². The van der Waals surface area contributed by atoms with Gasteiger partial charge in [0.15, 0.2) is 0 Å². The van der Waals surface area contributed by atoms with Crippen molar-refractivity contribution in [3.63, 3.8) is 0 Å². The van der Waals surface area contributed by atoms with E-state index in [0.29, 0.717) is 5.56 Å². The average Bonchev–Trinajstić information content (AvgIpc) is 2.83. The third-order valence-corrected chi connectivity index (χ3v) is 6.29. The number of nitrogens with zero attached hydrogens (tertiary/aromatic N) is 1. The Kier molecular flexibility index (Phi) is 10.9. The summed E-state index contributed by atoms with van der Waals surface area (Å²) in [6.45, 7) is 14.8. The van der Waals surface area contributed by atoms with Crippen LogP contribution in [0, 0.1) is 13.8 Å². The van der Waals surface area contributed by atoms with Crippen LogP contribution in [0.4, 0.5) is 4.79 Å². The number of benzene rings is 2. The highest BCUT2D eigenvalue weighted by Gasteiger charge is 2.42. The molecule has 40 heavy (non-hydrogen) atoms. The van der Waals surface area contributed by atoms with E-state index in [4.69, 9.17) is 10.5 Å². The van der Waals surface area contributed by atoms with Crippen molar-refractivity contribution in [3.8, 4) is 0 Å². The molecule has 0 heterocycles. The topological polar surface area (TPSA) is 131 Å². The molecule has 4 amide bonds. The van der Waals surface area contributed by atoms with Crippen LogP contribution >= 0.6 is 0 Å². The molecule has 2 unspecified atom stereocenters. The van der Waals surface area contributed by atoms with Crippen molar-refractivity contribution in [2.75, 3.05) is 0 Å². The smallest absolute Gasteiger partial charge is 0.408 e. The fraction of sp³-hybridized carbons (Fsp3) is 0.484. The molecule has 0 bridgehead atoms. The van der Waals surface area contributed by atoms with E-state index < -0.39 is 41.1 Å². The summed E-state index contributed by atoms with van der Waals surface area (Å²) in [5.74, 6) is -1.52. The lowest BCUT2D eigenvalue weighted by Crippen LogP contribution is -2.58. The van der Waals surface area contributed by atoms with Crippen molar-refractivity contribution in [3.05, 3.63) is 70.8 Å². The van der Waals surface area contributed by atoms with Crippen molar-refractivity contribution >= 4 is 23.8 Å². The number of aryl methyl sites for hydroxylation is 2. The van der Waals surface area contributed by atoms with Crippen LogP contribution in [0.5, 0.6) is 0 Å². The van der Waals surface area contributed by atoms with Gasteiger partial charge >= 0.3 is 6.09 Å². The Labute approximate surface area is 237 Å². The van der Waals surface area contributed by atoms with E-state index in [9.17, 15) is 19.2 Å². The number of hydrogen-bond donors (Lipinski definition) is 3. The molecule has 0 saturated carbocycles. The van der Waals surface area contributed by atoms with Crippen LogP contribution in [0.15, 0.2) is 48.5 Å². The molecule has 9 nitrogen and oxygen atoms in total. The summed E-state index contributed by atoms with van der Waals surface area (Å²) < 4.78 is 5.38. The number of nitrogens with one attached hydrogen (secondary N) is 2. The van der Waals surface area contributed by atoms with E-state index in [1.54, 1.807) is 20.8 Å². The van der Waals surface area contributed by atoms with Crippen LogP contribution in [0.3, 0.4) is 0 Å². The Morgan fingerprint density at radius 1 is 0.925 bits per heavy atom. The zero-order valence-electron chi connectivity index (χ0n) is 25.0. The van der Waals surface area contributed by atoms with Gasteiger partial charge in [-0.05, 0) is 84.1 Å². The highest BCUT2D eigenvalue weighted by atomic mass is 16.6. The van der Waals surface area contributed by atoms with Crippen molar-refractivity contribution in [1.82, 2.24) is 15.5 Å². The molecule has 218 valence electrons. The molecule has 0 aliphatic rings. The first-order chi connectivity index (χ1) is 18.5. The molecule has 9 heteroatoms. The van der Waals surface area contributed by atoms with Crippen LogP contribution in [0.25, 0.3) is 0 Å². The Bertz CT molecular complexity index is 1200. The number of primary amides is 1. The van der Waals surface area contributed by atoms with Gasteiger partial charge in [-0.3, -0.25) is 14.4 Å². The number of rotatable bonds is 10. The minimum absolute atomic E-state index is 0.0503. The second kappa shape index (κ2) is 13.5. The summed E-state index contributed by atoms with van der Waals surface area (Å²) in [6.07, 6.45) is -0.996. The first-order valence-corrected chi connectivity index (χ1v) is 13.5. The summed E-state index contributed by atoms with van der Waals surface area (Å²) in [4.78, 5) is 54.0. The van der Waals surface area contributed by atoms with Crippen molar-refractivity contribution < 1.29 is 23.9 Å². The normalized spacial score (nSPS) is 13.1. The SMILES string of the molecule is Cc1ccc(C(C(=O)NCc2ccccc2)N(C(=O)C(CCC(N)=O)NC(=O)OC(C)(C)C)C(C)(C)C)cc1C. The number of nitrogens with two attached hydrogens (primary N) is 1. The summed E-state index contributed by atoms with van der Waals surface area (Å²) >= 11 is 0. The van der Waals surface area contributed by atoms with Crippen molar-refractivity contribution in [2.45, 2.75) is 98.0 Å². The molecule has 4 N–H and O–H groups in total. The molecule has 2 atom stereocenters. The van der Waals surface area contributed by atoms with Gasteiger partial charge in [-0.25, -0.2) is 4.79 Å². The van der Waals surface area contributed by atoms with Gasteiger partial charge in [0, 0.05) is 18.5 Å². The maximum absolute atomic E-state index is 14.3. The van der Waals surface area contributed by atoms with Gasteiger partial charge < -0.3 is 26.0 Å². The fourth-order valence-electron chi connectivity index (χ4n) is 4.24. The summed E-state index contributed by atoms with van der Waals surface area (Å²) in [5, 5.41) is 5.59. The second-order valence-electron chi connectivity index (χ2n) is 12.0.